The fourth-order valence-electron chi connectivity index (χ4n) is 1.57. The lowest BCUT2D eigenvalue weighted by molar-refractivity contribution is 0.596. The van der Waals surface area contributed by atoms with Gasteiger partial charge in [-0.25, -0.2) is 8.42 Å². The van der Waals surface area contributed by atoms with Crippen molar-refractivity contribution in [3.8, 4) is 0 Å². The molecule has 0 amide bonds. The van der Waals surface area contributed by atoms with Crippen LogP contribution >= 0.6 is 39.5 Å². The highest BCUT2D eigenvalue weighted by atomic mass is 79.9. The third-order valence-electron chi connectivity index (χ3n) is 2.66. The second kappa shape index (κ2) is 5.80. The molecule has 1 aromatic heterocycles. The smallest absolute Gasteiger partial charge is 0.273 e. The van der Waals surface area contributed by atoms with Gasteiger partial charge in [-0.3, -0.25) is 4.31 Å². The van der Waals surface area contributed by atoms with Crippen LogP contribution in [0.4, 0.5) is 5.69 Å². The van der Waals surface area contributed by atoms with Crippen LogP contribution in [0, 0.1) is 0 Å². The minimum absolute atomic E-state index is 0.233. The molecule has 0 bridgehead atoms. The van der Waals surface area contributed by atoms with Gasteiger partial charge in [0.1, 0.15) is 9.20 Å². The molecule has 8 heteroatoms. The molecule has 0 radical (unpaired) electrons. The first-order valence-corrected chi connectivity index (χ1v) is 8.92. The molecular formula is C12H11BrN2O2S3. The Morgan fingerprint density at radius 3 is 2.60 bits per heavy atom. The van der Waals surface area contributed by atoms with E-state index in [2.05, 4.69) is 15.9 Å². The molecule has 0 unspecified atom stereocenters. The van der Waals surface area contributed by atoms with Gasteiger partial charge < -0.3 is 5.73 Å². The summed E-state index contributed by atoms with van der Waals surface area (Å²) in [6.45, 7) is 0. The predicted molar refractivity (Wildman–Crippen MR) is 89.9 cm³/mol. The number of thiocarbonyl (C=S) groups is 1. The summed E-state index contributed by atoms with van der Waals surface area (Å²) >= 11 is 9.33. The van der Waals surface area contributed by atoms with Crippen molar-refractivity contribution in [1.82, 2.24) is 0 Å². The molecule has 1 aromatic carbocycles. The number of hydrogen-bond donors (Lipinski definition) is 1. The van der Waals surface area contributed by atoms with E-state index < -0.39 is 10.0 Å². The lowest BCUT2D eigenvalue weighted by Crippen LogP contribution is -2.26. The highest BCUT2D eigenvalue weighted by molar-refractivity contribution is 9.11. The quantitative estimate of drug-likeness (QED) is 0.814. The van der Waals surface area contributed by atoms with Gasteiger partial charge in [-0.05, 0) is 40.2 Å². The van der Waals surface area contributed by atoms with E-state index >= 15 is 0 Å². The number of thiophene rings is 1. The third kappa shape index (κ3) is 3.03. The number of nitrogens with two attached hydrogens (primary N) is 1. The molecule has 106 valence electrons. The zero-order valence-electron chi connectivity index (χ0n) is 10.4. The third-order valence-corrected chi connectivity index (χ3v) is 6.77. The van der Waals surface area contributed by atoms with Crippen molar-refractivity contribution in [1.29, 1.82) is 0 Å². The second-order valence-corrected chi connectivity index (χ2v) is 9.04. The van der Waals surface area contributed by atoms with Gasteiger partial charge in [0.15, 0.2) is 0 Å². The summed E-state index contributed by atoms with van der Waals surface area (Å²) < 4.78 is 27.2. The van der Waals surface area contributed by atoms with E-state index in [1.165, 1.54) is 11.4 Å². The molecule has 0 spiro atoms. The summed E-state index contributed by atoms with van der Waals surface area (Å²) in [5.41, 5.74) is 6.71. The molecule has 2 N–H and O–H groups in total. The Bertz CT molecular complexity index is 756. The van der Waals surface area contributed by atoms with Crippen molar-refractivity contribution in [2.24, 2.45) is 5.73 Å². The molecular weight excluding hydrogens is 380 g/mol. The van der Waals surface area contributed by atoms with Gasteiger partial charge in [0, 0.05) is 12.6 Å². The zero-order valence-corrected chi connectivity index (χ0v) is 14.4. The van der Waals surface area contributed by atoms with Crippen LogP contribution in [0.25, 0.3) is 0 Å². The summed E-state index contributed by atoms with van der Waals surface area (Å²) in [7, 11) is -2.07. The van der Waals surface area contributed by atoms with Crippen LogP contribution in [0.1, 0.15) is 5.56 Å². The molecule has 2 aromatic rings. The van der Waals surface area contributed by atoms with Crippen LogP contribution in [0.3, 0.4) is 0 Å². The first-order chi connectivity index (χ1) is 9.32. The van der Waals surface area contributed by atoms with Gasteiger partial charge in [-0.15, -0.1) is 11.3 Å². The molecule has 20 heavy (non-hydrogen) atoms. The van der Waals surface area contributed by atoms with Crippen molar-refractivity contribution in [2.75, 3.05) is 11.4 Å². The maximum Gasteiger partial charge on any atom is 0.273 e. The Labute approximate surface area is 135 Å². The average molecular weight is 391 g/mol. The van der Waals surface area contributed by atoms with Crippen LogP contribution in [-0.2, 0) is 10.0 Å². The largest absolute Gasteiger partial charge is 0.389 e. The molecule has 2 rings (SSSR count). The Morgan fingerprint density at radius 2 is 2.05 bits per heavy atom. The van der Waals surface area contributed by atoms with Gasteiger partial charge in [0.05, 0.1) is 9.47 Å². The van der Waals surface area contributed by atoms with E-state index in [9.17, 15) is 8.42 Å². The SMILES string of the molecule is CN(c1cccc(C(N)=S)c1)S(=O)(=O)c1ccc(Br)s1. The van der Waals surface area contributed by atoms with Crippen LogP contribution in [-0.4, -0.2) is 20.5 Å². The van der Waals surface area contributed by atoms with Crippen molar-refractivity contribution < 1.29 is 8.42 Å². The molecule has 0 aliphatic heterocycles. The fraction of sp³-hybridized carbons (Fsp3) is 0.0833. The first kappa shape index (κ1) is 15.4. The Kier molecular flexibility index (Phi) is 4.48. The minimum Gasteiger partial charge on any atom is -0.389 e. The van der Waals surface area contributed by atoms with Gasteiger partial charge in [0.2, 0.25) is 0 Å². The van der Waals surface area contributed by atoms with Crippen LogP contribution in [0.15, 0.2) is 44.4 Å². The number of nitrogens with zero attached hydrogens (tertiary/aromatic N) is 1. The topological polar surface area (TPSA) is 63.4 Å². The van der Waals surface area contributed by atoms with Gasteiger partial charge in [0.25, 0.3) is 10.0 Å². The Hall–Kier alpha value is -0.960. The summed E-state index contributed by atoms with van der Waals surface area (Å²) in [6, 6.07) is 10.1. The molecule has 0 aliphatic carbocycles. The highest BCUT2D eigenvalue weighted by Crippen LogP contribution is 2.30. The number of hydrogen-bond acceptors (Lipinski definition) is 4. The standard InChI is InChI=1S/C12H11BrN2O2S3/c1-15(9-4-2-3-8(7-9)12(14)18)20(16,17)11-6-5-10(13)19-11/h2-7H,1H3,(H2,14,18). The zero-order chi connectivity index (χ0) is 14.9. The lowest BCUT2D eigenvalue weighted by atomic mass is 10.2. The molecule has 0 aliphatic rings. The first-order valence-electron chi connectivity index (χ1n) is 5.46. The molecule has 0 saturated heterocycles. The van der Waals surface area contributed by atoms with E-state index in [0.717, 1.165) is 15.1 Å². The average Bonchev–Trinajstić information content (AvgIpc) is 2.85. The van der Waals surface area contributed by atoms with Crippen LogP contribution in [0.5, 0.6) is 0 Å². The van der Waals surface area contributed by atoms with Gasteiger partial charge in [-0.2, -0.15) is 0 Å². The highest BCUT2D eigenvalue weighted by Gasteiger charge is 2.23. The summed E-state index contributed by atoms with van der Waals surface area (Å²) in [5.74, 6) is 0. The Balaban J connectivity index is 2.43. The molecule has 0 saturated carbocycles. The van der Waals surface area contributed by atoms with E-state index in [0.29, 0.717) is 11.3 Å². The second-order valence-electron chi connectivity index (χ2n) is 3.95. The van der Waals surface area contributed by atoms with Crippen molar-refractivity contribution in [2.45, 2.75) is 4.21 Å². The molecule has 4 nitrogen and oxygen atoms in total. The van der Waals surface area contributed by atoms with E-state index in [-0.39, 0.29) is 9.20 Å². The van der Waals surface area contributed by atoms with Gasteiger partial charge in [-0.1, -0.05) is 24.4 Å². The Morgan fingerprint density at radius 1 is 1.35 bits per heavy atom. The van der Waals surface area contributed by atoms with Crippen LogP contribution < -0.4 is 10.0 Å². The number of rotatable bonds is 4. The lowest BCUT2D eigenvalue weighted by Gasteiger charge is -2.19. The summed E-state index contributed by atoms with van der Waals surface area (Å²) in [6.07, 6.45) is 0. The maximum atomic E-state index is 12.5. The van der Waals surface area contributed by atoms with Crippen molar-refractivity contribution in [3.05, 3.63) is 45.7 Å². The van der Waals surface area contributed by atoms with Gasteiger partial charge >= 0.3 is 0 Å². The molecule has 1 heterocycles. The minimum atomic E-state index is -3.58. The van der Waals surface area contributed by atoms with Crippen molar-refractivity contribution in [3.63, 3.8) is 0 Å². The summed E-state index contributed by atoms with van der Waals surface area (Å²) in [5, 5.41) is 0. The number of anilines is 1. The van der Waals surface area contributed by atoms with E-state index in [1.807, 2.05) is 0 Å². The maximum absolute atomic E-state index is 12.5. The normalized spacial score (nSPS) is 11.3. The predicted octanol–water partition coefficient (Wildman–Crippen LogP) is 2.97. The molecule has 0 fully saturated rings. The monoisotopic (exact) mass is 390 g/mol. The number of sulfonamides is 1. The van der Waals surface area contributed by atoms with Crippen molar-refractivity contribution >= 4 is 60.2 Å². The summed E-state index contributed by atoms with van der Waals surface area (Å²) in [4.78, 5) is 0.233. The number of halogens is 1. The molecule has 0 atom stereocenters. The van der Waals surface area contributed by atoms with E-state index in [4.69, 9.17) is 18.0 Å². The number of benzene rings is 1. The van der Waals surface area contributed by atoms with Crippen LogP contribution in [0.2, 0.25) is 0 Å². The van der Waals surface area contributed by atoms with E-state index in [1.54, 1.807) is 36.4 Å². The fourth-order valence-corrected chi connectivity index (χ4v) is 5.06.